The molecule has 0 radical (unpaired) electrons. The van der Waals surface area contributed by atoms with Gasteiger partial charge in [0.1, 0.15) is 6.07 Å². The maximum absolute atomic E-state index is 12.4. The van der Waals surface area contributed by atoms with Crippen LogP contribution in [0.2, 0.25) is 0 Å². The molecule has 0 aliphatic carbocycles. The fraction of sp³-hybridized carbons (Fsp3) is 0.250. The van der Waals surface area contributed by atoms with Gasteiger partial charge < -0.3 is 0 Å². The van der Waals surface area contributed by atoms with Crippen LogP contribution in [-0.2, 0) is 6.18 Å². The predicted molar refractivity (Wildman–Crippen MR) is 61.4 cm³/mol. The van der Waals surface area contributed by atoms with Crippen molar-refractivity contribution < 1.29 is 13.2 Å². The molecule has 1 aromatic rings. The number of halogens is 4. The molecule has 1 nitrogen and oxygen atoms in total. The molecule has 1 rings (SSSR count). The summed E-state index contributed by atoms with van der Waals surface area (Å²) in [7, 11) is 0. The highest BCUT2D eigenvalue weighted by Crippen LogP contribution is 2.30. The molecular weight excluding hydrogens is 295 g/mol. The Hall–Kier alpha value is -1.46. The molecular formula is C12H7BrF3N. The molecule has 88 valence electrons. The van der Waals surface area contributed by atoms with Crippen molar-refractivity contribution in [1.82, 2.24) is 0 Å². The SMILES string of the molecule is N#Cc1cc(C(F)(F)F)ccc1C#CCCBr. The molecule has 0 bridgehead atoms. The van der Waals surface area contributed by atoms with Gasteiger partial charge in [-0.25, -0.2) is 0 Å². The molecule has 0 aliphatic heterocycles. The molecule has 0 fully saturated rings. The Morgan fingerprint density at radius 3 is 2.47 bits per heavy atom. The maximum Gasteiger partial charge on any atom is 0.416 e. The van der Waals surface area contributed by atoms with Gasteiger partial charge in [-0.3, -0.25) is 0 Å². The summed E-state index contributed by atoms with van der Waals surface area (Å²) in [4.78, 5) is 0. The van der Waals surface area contributed by atoms with Crippen LogP contribution in [0.1, 0.15) is 23.1 Å². The van der Waals surface area contributed by atoms with E-state index in [1.54, 1.807) is 6.07 Å². The van der Waals surface area contributed by atoms with Crippen LogP contribution in [0.25, 0.3) is 0 Å². The Balaban J connectivity index is 3.13. The van der Waals surface area contributed by atoms with Crippen molar-refractivity contribution >= 4 is 15.9 Å². The summed E-state index contributed by atoms with van der Waals surface area (Å²) < 4.78 is 37.2. The number of hydrogen-bond acceptors (Lipinski definition) is 1. The summed E-state index contributed by atoms with van der Waals surface area (Å²) in [6.45, 7) is 0. The van der Waals surface area contributed by atoms with Crippen LogP contribution in [-0.4, -0.2) is 5.33 Å². The second-order valence-corrected chi connectivity index (χ2v) is 3.90. The van der Waals surface area contributed by atoms with Gasteiger partial charge in [-0.15, -0.1) is 0 Å². The third-order valence-corrected chi connectivity index (χ3v) is 2.31. The Kier molecular flexibility index (Phi) is 4.60. The molecule has 17 heavy (non-hydrogen) atoms. The van der Waals surface area contributed by atoms with Crippen molar-refractivity contribution in [3.05, 3.63) is 34.9 Å². The van der Waals surface area contributed by atoms with E-state index in [4.69, 9.17) is 5.26 Å². The lowest BCUT2D eigenvalue weighted by Gasteiger charge is -2.06. The fourth-order valence-corrected chi connectivity index (χ4v) is 1.33. The summed E-state index contributed by atoms with van der Waals surface area (Å²) in [6.07, 6.45) is -3.86. The van der Waals surface area contributed by atoms with Crippen molar-refractivity contribution in [2.24, 2.45) is 0 Å². The first-order valence-corrected chi connectivity index (χ1v) is 5.77. The highest BCUT2D eigenvalue weighted by atomic mass is 79.9. The van der Waals surface area contributed by atoms with Crippen molar-refractivity contribution in [2.75, 3.05) is 5.33 Å². The first-order chi connectivity index (χ1) is 7.99. The minimum Gasteiger partial charge on any atom is -0.192 e. The third-order valence-electron chi connectivity index (χ3n) is 1.91. The summed E-state index contributed by atoms with van der Waals surface area (Å²) in [5, 5.41) is 9.45. The Morgan fingerprint density at radius 1 is 1.24 bits per heavy atom. The van der Waals surface area contributed by atoms with Crippen molar-refractivity contribution in [1.29, 1.82) is 5.26 Å². The van der Waals surface area contributed by atoms with Crippen LogP contribution in [0.5, 0.6) is 0 Å². The normalized spacial score (nSPS) is 10.3. The first kappa shape index (κ1) is 13.6. The highest BCUT2D eigenvalue weighted by Gasteiger charge is 2.30. The molecule has 0 unspecified atom stereocenters. The third kappa shape index (κ3) is 3.80. The zero-order valence-electron chi connectivity index (χ0n) is 8.61. The maximum atomic E-state index is 12.4. The van der Waals surface area contributed by atoms with Gasteiger partial charge in [0, 0.05) is 17.3 Å². The topological polar surface area (TPSA) is 23.8 Å². The van der Waals surface area contributed by atoms with E-state index in [-0.39, 0.29) is 5.56 Å². The second kappa shape index (κ2) is 5.75. The molecule has 0 aliphatic rings. The Bertz CT molecular complexity index is 503. The molecule has 0 atom stereocenters. The minimum absolute atomic E-state index is 0.0538. The average molecular weight is 302 g/mol. The summed E-state index contributed by atoms with van der Waals surface area (Å²) >= 11 is 3.18. The van der Waals surface area contributed by atoms with Gasteiger partial charge >= 0.3 is 6.18 Å². The van der Waals surface area contributed by atoms with E-state index in [0.717, 1.165) is 12.1 Å². The Labute approximate surface area is 105 Å². The fourth-order valence-electron chi connectivity index (χ4n) is 1.13. The van der Waals surface area contributed by atoms with Crippen LogP contribution in [0.3, 0.4) is 0 Å². The number of hydrogen-bond donors (Lipinski definition) is 0. The number of alkyl halides is 4. The van der Waals surface area contributed by atoms with E-state index >= 15 is 0 Å². The zero-order chi connectivity index (χ0) is 12.9. The van der Waals surface area contributed by atoms with Gasteiger partial charge in [0.2, 0.25) is 0 Å². The standard InChI is InChI=1S/C12H7BrF3N/c13-6-2-1-3-9-4-5-11(12(14,15)16)7-10(9)8-17/h4-5,7H,2,6H2. The zero-order valence-corrected chi connectivity index (χ0v) is 10.2. The molecule has 0 aromatic heterocycles. The number of nitriles is 1. The summed E-state index contributed by atoms with van der Waals surface area (Å²) in [5.41, 5.74) is -0.566. The van der Waals surface area contributed by atoms with Gasteiger partial charge in [-0.2, -0.15) is 18.4 Å². The number of rotatable bonds is 1. The van der Waals surface area contributed by atoms with E-state index in [2.05, 4.69) is 27.8 Å². The van der Waals surface area contributed by atoms with E-state index in [0.29, 0.717) is 17.3 Å². The van der Waals surface area contributed by atoms with E-state index < -0.39 is 11.7 Å². The van der Waals surface area contributed by atoms with Crippen LogP contribution in [0.15, 0.2) is 18.2 Å². The molecule has 0 amide bonds. The molecule has 0 spiro atoms. The number of benzene rings is 1. The summed E-state index contributed by atoms with van der Waals surface area (Å²) in [5.74, 6) is 5.43. The first-order valence-electron chi connectivity index (χ1n) is 4.65. The quantitative estimate of drug-likeness (QED) is 0.573. The molecule has 5 heteroatoms. The van der Waals surface area contributed by atoms with Crippen molar-refractivity contribution in [3.8, 4) is 17.9 Å². The molecule has 0 heterocycles. The lowest BCUT2D eigenvalue weighted by molar-refractivity contribution is -0.137. The van der Waals surface area contributed by atoms with Gasteiger partial charge in [0.05, 0.1) is 11.1 Å². The summed E-state index contributed by atoms with van der Waals surface area (Å²) in [6, 6.07) is 4.69. The van der Waals surface area contributed by atoms with E-state index in [1.807, 2.05) is 0 Å². The molecule has 0 N–H and O–H groups in total. The van der Waals surface area contributed by atoms with Crippen molar-refractivity contribution in [2.45, 2.75) is 12.6 Å². The van der Waals surface area contributed by atoms with E-state index in [9.17, 15) is 13.2 Å². The predicted octanol–water partition coefficient (Wildman–Crippen LogP) is 3.71. The Morgan fingerprint density at radius 2 is 1.94 bits per heavy atom. The van der Waals surface area contributed by atoms with Gasteiger partial charge in [0.25, 0.3) is 0 Å². The minimum atomic E-state index is -4.44. The molecule has 0 saturated carbocycles. The van der Waals surface area contributed by atoms with Crippen LogP contribution >= 0.6 is 15.9 Å². The average Bonchev–Trinajstić information content (AvgIpc) is 2.28. The lowest BCUT2D eigenvalue weighted by atomic mass is 10.0. The molecule has 1 aromatic carbocycles. The monoisotopic (exact) mass is 301 g/mol. The van der Waals surface area contributed by atoms with Gasteiger partial charge in [-0.05, 0) is 18.2 Å². The van der Waals surface area contributed by atoms with Crippen molar-refractivity contribution in [3.63, 3.8) is 0 Å². The molecule has 0 saturated heterocycles. The van der Waals surface area contributed by atoms with Crippen LogP contribution < -0.4 is 0 Å². The van der Waals surface area contributed by atoms with Gasteiger partial charge in [-0.1, -0.05) is 27.8 Å². The van der Waals surface area contributed by atoms with E-state index in [1.165, 1.54) is 6.07 Å². The van der Waals surface area contributed by atoms with Crippen LogP contribution in [0.4, 0.5) is 13.2 Å². The lowest BCUT2D eigenvalue weighted by Crippen LogP contribution is -2.05. The largest absolute Gasteiger partial charge is 0.416 e. The smallest absolute Gasteiger partial charge is 0.192 e. The number of nitrogens with zero attached hydrogens (tertiary/aromatic N) is 1. The highest BCUT2D eigenvalue weighted by molar-refractivity contribution is 9.09. The van der Waals surface area contributed by atoms with Crippen LogP contribution in [0, 0.1) is 23.2 Å². The van der Waals surface area contributed by atoms with Gasteiger partial charge in [0.15, 0.2) is 0 Å². The second-order valence-electron chi connectivity index (χ2n) is 3.11.